The van der Waals surface area contributed by atoms with Crippen LogP contribution < -0.4 is 0 Å². The van der Waals surface area contributed by atoms with Crippen LogP contribution in [0.3, 0.4) is 0 Å². The average molecular weight is 278 g/mol. The van der Waals surface area contributed by atoms with Crippen LogP contribution in [0.4, 0.5) is 0 Å². The summed E-state index contributed by atoms with van der Waals surface area (Å²) < 4.78 is 3.49. The fourth-order valence-corrected chi connectivity index (χ4v) is 2.14. The quantitative estimate of drug-likeness (QED) is 0.789. The number of fused-ring (bicyclic) bond motifs is 1. The summed E-state index contributed by atoms with van der Waals surface area (Å²) in [5, 5.41) is 13.9. The summed E-state index contributed by atoms with van der Waals surface area (Å²) in [6.07, 6.45) is 3.63. The minimum Gasteiger partial charge on any atom is -0.394 e. The lowest BCUT2D eigenvalue weighted by Gasteiger charge is -1.99. The zero-order valence-corrected chi connectivity index (χ0v) is 11.0. The zero-order valence-electron chi connectivity index (χ0n) is 10.3. The van der Waals surface area contributed by atoms with Crippen molar-refractivity contribution in [1.82, 2.24) is 24.1 Å². The summed E-state index contributed by atoms with van der Waals surface area (Å²) in [4.78, 5) is 8.83. The van der Waals surface area contributed by atoms with Crippen molar-refractivity contribution in [2.45, 2.75) is 13.5 Å². The fraction of sp³-hybridized carbons (Fsp3) is 0.250. The first kappa shape index (κ1) is 12.1. The Kier molecular flexibility index (Phi) is 2.96. The van der Waals surface area contributed by atoms with E-state index in [1.165, 1.54) is 0 Å². The SMILES string of the molecule is Cc1nc(-c2cn3cc(Cl)ccc3n2)n(CCO)n1. The Morgan fingerprint density at radius 2 is 2.11 bits per heavy atom. The highest BCUT2D eigenvalue weighted by Crippen LogP contribution is 2.19. The van der Waals surface area contributed by atoms with Crippen LogP contribution in [0.25, 0.3) is 17.2 Å². The largest absolute Gasteiger partial charge is 0.394 e. The van der Waals surface area contributed by atoms with E-state index in [2.05, 4.69) is 15.1 Å². The van der Waals surface area contributed by atoms with Gasteiger partial charge in [0.1, 0.15) is 17.2 Å². The molecule has 0 atom stereocenters. The maximum absolute atomic E-state index is 9.04. The average Bonchev–Trinajstić information content (AvgIpc) is 2.92. The molecule has 0 radical (unpaired) electrons. The third-order valence-electron chi connectivity index (χ3n) is 2.73. The molecule has 0 aromatic carbocycles. The second kappa shape index (κ2) is 4.64. The van der Waals surface area contributed by atoms with Gasteiger partial charge in [0.05, 0.1) is 18.2 Å². The molecule has 3 heterocycles. The summed E-state index contributed by atoms with van der Waals surface area (Å²) >= 11 is 5.94. The van der Waals surface area contributed by atoms with Crippen LogP contribution in [0.2, 0.25) is 5.02 Å². The molecule has 3 aromatic heterocycles. The molecule has 1 N–H and O–H groups in total. The highest BCUT2D eigenvalue weighted by atomic mass is 35.5. The van der Waals surface area contributed by atoms with Gasteiger partial charge in [-0.15, -0.1) is 0 Å². The molecule has 0 saturated heterocycles. The van der Waals surface area contributed by atoms with Crippen molar-refractivity contribution in [2.75, 3.05) is 6.61 Å². The Balaban J connectivity index is 2.13. The molecule has 0 unspecified atom stereocenters. The Morgan fingerprint density at radius 3 is 2.89 bits per heavy atom. The Hall–Kier alpha value is -1.92. The number of aryl methyl sites for hydroxylation is 1. The molecular weight excluding hydrogens is 266 g/mol. The highest BCUT2D eigenvalue weighted by molar-refractivity contribution is 6.30. The molecule has 7 heteroatoms. The van der Waals surface area contributed by atoms with Crippen LogP contribution in [-0.2, 0) is 6.54 Å². The molecule has 3 rings (SSSR count). The normalized spacial score (nSPS) is 11.3. The smallest absolute Gasteiger partial charge is 0.178 e. The van der Waals surface area contributed by atoms with E-state index >= 15 is 0 Å². The summed E-state index contributed by atoms with van der Waals surface area (Å²) in [6, 6.07) is 3.63. The molecule has 0 saturated carbocycles. The molecule has 0 aliphatic rings. The molecule has 0 aliphatic heterocycles. The molecule has 0 amide bonds. The third-order valence-corrected chi connectivity index (χ3v) is 2.96. The van der Waals surface area contributed by atoms with Gasteiger partial charge in [0, 0.05) is 12.4 Å². The second-order valence-electron chi connectivity index (χ2n) is 4.17. The topological polar surface area (TPSA) is 68.2 Å². The van der Waals surface area contributed by atoms with Crippen molar-refractivity contribution >= 4 is 17.2 Å². The molecule has 0 aliphatic carbocycles. The van der Waals surface area contributed by atoms with E-state index in [1.54, 1.807) is 16.9 Å². The lowest BCUT2D eigenvalue weighted by atomic mass is 10.4. The molecule has 0 spiro atoms. The van der Waals surface area contributed by atoms with E-state index < -0.39 is 0 Å². The first-order valence-electron chi connectivity index (χ1n) is 5.84. The van der Waals surface area contributed by atoms with Crippen LogP contribution in [0.15, 0.2) is 24.5 Å². The number of aliphatic hydroxyl groups is 1. The standard InChI is InChI=1S/C12H12ClN5O/c1-8-14-12(18(16-8)4-5-19)10-7-17-6-9(13)2-3-11(17)15-10/h2-3,6-7,19H,4-5H2,1H3. The molecule has 0 bridgehead atoms. The van der Waals surface area contributed by atoms with E-state index in [1.807, 2.05) is 23.6 Å². The molecule has 0 fully saturated rings. The number of aromatic nitrogens is 5. The summed E-state index contributed by atoms with van der Waals surface area (Å²) in [5.41, 5.74) is 1.49. The number of pyridine rings is 1. The molecule has 3 aromatic rings. The summed E-state index contributed by atoms with van der Waals surface area (Å²) in [6.45, 7) is 2.21. The number of nitrogens with zero attached hydrogens (tertiary/aromatic N) is 5. The van der Waals surface area contributed by atoms with Gasteiger partial charge < -0.3 is 9.51 Å². The summed E-state index contributed by atoms with van der Waals surface area (Å²) in [5.74, 6) is 1.30. The monoisotopic (exact) mass is 277 g/mol. The second-order valence-corrected chi connectivity index (χ2v) is 4.60. The van der Waals surface area contributed by atoms with Gasteiger partial charge in [-0.05, 0) is 19.1 Å². The fourth-order valence-electron chi connectivity index (χ4n) is 1.97. The molecular formula is C12H12ClN5O. The van der Waals surface area contributed by atoms with E-state index in [9.17, 15) is 0 Å². The zero-order chi connectivity index (χ0) is 13.4. The van der Waals surface area contributed by atoms with Crippen molar-refractivity contribution in [3.8, 4) is 11.5 Å². The van der Waals surface area contributed by atoms with E-state index in [0.717, 1.165) is 5.65 Å². The minimum absolute atomic E-state index is 0.00893. The van der Waals surface area contributed by atoms with Crippen molar-refractivity contribution in [2.24, 2.45) is 0 Å². The molecule has 19 heavy (non-hydrogen) atoms. The van der Waals surface area contributed by atoms with Gasteiger partial charge in [-0.1, -0.05) is 11.6 Å². The number of hydrogen-bond donors (Lipinski definition) is 1. The predicted octanol–water partition coefficient (Wildman–Crippen LogP) is 1.55. The Labute approximate surface area is 114 Å². The number of hydrogen-bond acceptors (Lipinski definition) is 4. The van der Waals surface area contributed by atoms with Gasteiger partial charge >= 0.3 is 0 Å². The van der Waals surface area contributed by atoms with E-state index in [4.69, 9.17) is 16.7 Å². The van der Waals surface area contributed by atoms with Crippen LogP contribution in [0.1, 0.15) is 5.82 Å². The van der Waals surface area contributed by atoms with Gasteiger partial charge in [0.15, 0.2) is 5.82 Å². The lowest BCUT2D eigenvalue weighted by molar-refractivity contribution is 0.270. The van der Waals surface area contributed by atoms with Crippen LogP contribution >= 0.6 is 11.6 Å². The lowest BCUT2D eigenvalue weighted by Crippen LogP contribution is -2.06. The molecule has 98 valence electrons. The number of halogens is 1. The number of rotatable bonds is 3. The van der Waals surface area contributed by atoms with Gasteiger partial charge in [-0.25, -0.2) is 14.6 Å². The maximum Gasteiger partial charge on any atom is 0.178 e. The van der Waals surface area contributed by atoms with Crippen molar-refractivity contribution in [1.29, 1.82) is 0 Å². The van der Waals surface area contributed by atoms with Crippen molar-refractivity contribution < 1.29 is 5.11 Å². The van der Waals surface area contributed by atoms with Crippen LogP contribution in [0.5, 0.6) is 0 Å². The van der Waals surface area contributed by atoms with E-state index in [0.29, 0.717) is 28.9 Å². The van der Waals surface area contributed by atoms with Crippen LogP contribution in [0, 0.1) is 6.92 Å². The number of imidazole rings is 1. The van der Waals surface area contributed by atoms with Crippen molar-refractivity contribution in [3.05, 3.63) is 35.4 Å². The first-order valence-corrected chi connectivity index (χ1v) is 6.22. The van der Waals surface area contributed by atoms with Gasteiger partial charge in [0.2, 0.25) is 0 Å². The third kappa shape index (κ3) is 2.20. The first-order chi connectivity index (χ1) is 9.17. The van der Waals surface area contributed by atoms with Crippen molar-refractivity contribution in [3.63, 3.8) is 0 Å². The Morgan fingerprint density at radius 1 is 1.26 bits per heavy atom. The highest BCUT2D eigenvalue weighted by Gasteiger charge is 2.13. The Bertz CT molecular complexity index is 733. The maximum atomic E-state index is 9.04. The van der Waals surface area contributed by atoms with Gasteiger partial charge in [-0.3, -0.25) is 0 Å². The minimum atomic E-state index is 0.00893. The van der Waals surface area contributed by atoms with Gasteiger partial charge in [0.25, 0.3) is 0 Å². The van der Waals surface area contributed by atoms with Gasteiger partial charge in [-0.2, -0.15) is 5.10 Å². The summed E-state index contributed by atoms with van der Waals surface area (Å²) in [7, 11) is 0. The van der Waals surface area contributed by atoms with Crippen LogP contribution in [-0.4, -0.2) is 35.9 Å². The number of aliphatic hydroxyl groups excluding tert-OH is 1. The molecule has 6 nitrogen and oxygen atoms in total. The predicted molar refractivity (Wildman–Crippen MR) is 71.0 cm³/mol. The van der Waals surface area contributed by atoms with E-state index in [-0.39, 0.29) is 6.61 Å².